The highest BCUT2D eigenvalue weighted by atomic mass is 32.2. The molecule has 1 atom stereocenters. The van der Waals surface area contributed by atoms with Gasteiger partial charge in [0.1, 0.15) is 5.03 Å². The standard InChI is InChI=1S/C21H20N2O3S/c1-14(16-10-5-8-15-7-3-4-9-17(15)16)23-19(24)13-26-21(25)18-11-6-12-22-20(18)27-2/h3-12,14H,13H2,1-2H3,(H,23,24). The summed E-state index contributed by atoms with van der Waals surface area (Å²) in [6, 6.07) is 17.1. The number of hydrogen-bond acceptors (Lipinski definition) is 5. The summed E-state index contributed by atoms with van der Waals surface area (Å²) in [5, 5.41) is 5.66. The average Bonchev–Trinajstić information content (AvgIpc) is 2.71. The van der Waals surface area contributed by atoms with Crippen molar-refractivity contribution in [1.29, 1.82) is 0 Å². The second-order valence-corrected chi connectivity index (χ2v) is 6.79. The Labute approximate surface area is 162 Å². The third kappa shape index (κ3) is 4.46. The number of fused-ring (bicyclic) bond motifs is 1. The van der Waals surface area contributed by atoms with Crippen molar-refractivity contribution in [1.82, 2.24) is 10.3 Å². The smallest absolute Gasteiger partial charge is 0.341 e. The molecule has 1 amide bonds. The van der Waals surface area contributed by atoms with Gasteiger partial charge in [-0.05, 0) is 41.6 Å². The number of nitrogens with zero attached hydrogens (tertiary/aromatic N) is 1. The first kappa shape index (κ1) is 18.9. The monoisotopic (exact) mass is 380 g/mol. The number of nitrogens with one attached hydrogen (secondary N) is 1. The molecule has 0 spiro atoms. The van der Waals surface area contributed by atoms with Crippen molar-refractivity contribution in [3.8, 4) is 0 Å². The molecule has 0 saturated heterocycles. The van der Waals surface area contributed by atoms with Crippen LogP contribution in [0.15, 0.2) is 65.8 Å². The SMILES string of the molecule is CSc1ncccc1C(=O)OCC(=O)NC(C)c1cccc2ccccc12. The van der Waals surface area contributed by atoms with E-state index in [-0.39, 0.29) is 18.6 Å². The predicted molar refractivity (Wildman–Crippen MR) is 107 cm³/mol. The lowest BCUT2D eigenvalue weighted by atomic mass is 10.00. The van der Waals surface area contributed by atoms with E-state index in [4.69, 9.17) is 4.74 Å². The lowest BCUT2D eigenvalue weighted by Gasteiger charge is -2.16. The van der Waals surface area contributed by atoms with Gasteiger partial charge in [-0.1, -0.05) is 42.5 Å². The third-order valence-corrected chi connectivity index (χ3v) is 4.90. The number of pyridine rings is 1. The molecule has 1 N–H and O–H groups in total. The van der Waals surface area contributed by atoms with Crippen LogP contribution in [-0.2, 0) is 9.53 Å². The van der Waals surface area contributed by atoms with Gasteiger partial charge in [0.05, 0.1) is 11.6 Å². The first-order chi connectivity index (χ1) is 13.1. The maximum absolute atomic E-state index is 12.2. The number of amides is 1. The Balaban J connectivity index is 1.63. The van der Waals surface area contributed by atoms with Gasteiger partial charge in [0.15, 0.2) is 6.61 Å². The summed E-state index contributed by atoms with van der Waals surface area (Å²) in [6.07, 6.45) is 3.44. The summed E-state index contributed by atoms with van der Waals surface area (Å²) in [6.45, 7) is 1.57. The molecular weight excluding hydrogens is 360 g/mol. The minimum absolute atomic E-state index is 0.206. The Hall–Kier alpha value is -2.86. The van der Waals surface area contributed by atoms with Gasteiger partial charge in [-0.25, -0.2) is 9.78 Å². The van der Waals surface area contributed by atoms with Crippen LogP contribution in [-0.4, -0.2) is 29.7 Å². The van der Waals surface area contributed by atoms with Crippen molar-refractivity contribution in [2.75, 3.05) is 12.9 Å². The molecule has 2 aromatic carbocycles. The van der Waals surface area contributed by atoms with E-state index in [1.807, 2.05) is 55.6 Å². The number of ether oxygens (including phenoxy) is 1. The number of thioether (sulfide) groups is 1. The summed E-state index contributed by atoms with van der Waals surface area (Å²) in [7, 11) is 0. The minimum atomic E-state index is -0.555. The Bertz CT molecular complexity index is 969. The van der Waals surface area contributed by atoms with E-state index in [2.05, 4.69) is 10.3 Å². The fourth-order valence-electron chi connectivity index (χ4n) is 2.91. The van der Waals surface area contributed by atoms with E-state index in [9.17, 15) is 9.59 Å². The molecule has 0 aliphatic heterocycles. The molecule has 3 aromatic rings. The third-order valence-electron chi connectivity index (χ3n) is 4.19. The van der Waals surface area contributed by atoms with Gasteiger partial charge in [0.25, 0.3) is 5.91 Å². The molecule has 1 unspecified atom stereocenters. The zero-order valence-corrected chi connectivity index (χ0v) is 16.0. The van der Waals surface area contributed by atoms with E-state index in [0.29, 0.717) is 10.6 Å². The van der Waals surface area contributed by atoms with Crippen LogP contribution in [0.2, 0.25) is 0 Å². The molecule has 1 heterocycles. The van der Waals surface area contributed by atoms with Crippen molar-refractivity contribution in [3.05, 3.63) is 71.9 Å². The van der Waals surface area contributed by atoms with Crippen molar-refractivity contribution in [2.45, 2.75) is 18.0 Å². The van der Waals surface area contributed by atoms with Crippen molar-refractivity contribution in [3.63, 3.8) is 0 Å². The van der Waals surface area contributed by atoms with Gasteiger partial charge >= 0.3 is 5.97 Å². The van der Waals surface area contributed by atoms with E-state index in [1.54, 1.807) is 18.3 Å². The van der Waals surface area contributed by atoms with E-state index < -0.39 is 5.97 Å². The molecule has 1 aromatic heterocycles. The average molecular weight is 380 g/mol. The predicted octanol–water partition coefficient (Wildman–Crippen LogP) is 3.99. The van der Waals surface area contributed by atoms with Crippen molar-refractivity contribution in [2.24, 2.45) is 0 Å². The Morgan fingerprint density at radius 3 is 2.70 bits per heavy atom. The first-order valence-electron chi connectivity index (χ1n) is 8.53. The van der Waals surface area contributed by atoms with Crippen LogP contribution in [0, 0.1) is 0 Å². The highest BCUT2D eigenvalue weighted by Gasteiger charge is 2.17. The number of hydrogen-bond donors (Lipinski definition) is 1. The topological polar surface area (TPSA) is 68.3 Å². The minimum Gasteiger partial charge on any atom is -0.452 e. The highest BCUT2D eigenvalue weighted by molar-refractivity contribution is 7.98. The molecule has 3 rings (SSSR count). The van der Waals surface area contributed by atoms with Crippen LogP contribution in [0.5, 0.6) is 0 Å². The summed E-state index contributed by atoms with van der Waals surface area (Å²) in [5.41, 5.74) is 1.38. The number of esters is 1. The molecular formula is C21H20N2O3S. The van der Waals surface area contributed by atoms with Crippen molar-refractivity contribution >= 4 is 34.4 Å². The van der Waals surface area contributed by atoms with Gasteiger partial charge in [-0.2, -0.15) is 0 Å². The number of carbonyl (C=O) groups is 2. The van der Waals surface area contributed by atoms with E-state index >= 15 is 0 Å². The van der Waals surface area contributed by atoms with Crippen LogP contribution < -0.4 is 5.32 Å². The summed E-state index contributed by atoms with van der Waals surface area (Å²) < 4.78 is 5.15. The molecule has 138 valence electrons. The zero-order valence-electron chi connectivity index (χ0n) is 15.1. The highest BCUT2D eigenvalue weighted by Crippen LogP contribution is 2.24. The maximum Gasteiger partial charge on any atom is 0.341 e. The molecule has 6 heteroatoms. The number of benzene rings is 2. The number of rotatable bonds is 6. The van der Waals surface area contributed by atoms with Crippen LogP contribution >= 0.6 is 11.8 Å². The molecule has 0 saturated carbocycles. The molecule has 0 radical (unpaired) electrons. The fraction of sp³-hybridized carbons (Fsp3) is 0.190. The first-order valence-corrected chi connectivity index (χ1v) is 9.75. The normalized spacial score (nSPS) is 11.8. The van der Waals surface area contributed by atoms with Crippen LogP contribution in [0.3, 0.4) is 0 Å². The van der Waals surface area contributed by atoms with Gasteiger partial charge in [-0.3, -0.25) is 4.79 Å². The second kappa shape index (κ2) is 8.68. The maximum atomic E-state index is 12.2. The van der Waals surface area contributed by atoms with Gasteiger partial charge in [0, 0.05) is 6.20 Å². The second-order valence-electron chi connectivity index (χ2n) is 5.99. The summed E-state index contributed by atoms with van der Waals surface area (Å²) in [5.74, 6) is -0.904. The molecule has 0 bridgehead atoms. The lowest BCUT2D eigenvalue weighted by Crippen LogP contribution is -2.31. The van der Waals surface area contributed by atoms with Gasteiger partial charge in [-0.15, -0.1) is 11.8 Å². The largest absolute Gasteiger partial charge is 0.452 e. The Morgan fingerprint density at radius 2 is 1.89 bits per heavy atom. The Morgan fingerprint density at radius 1 is 1.11 bits per heavy atom. The van der Waals surface area contributed by atoms with Crippen LogP contribution in [0.1, 0.15) is 28.9 Å². The van der Waals surface area contributed by atoms with Gasteiger partial charge < -0.3 is 10.1 Å². The van der Waals surface area contributed by atoms with E-state index in [0.717, 1.165) is 16.3 Å². The van der Waals surface area contributed by atoms with Crippen LogP contribution in [0.4, 0.5) is 0 Å². The zero-order chi connectivity index (χ0) is 19.2. The summed E-state index contributed by atoms with van der Waals surface area (Å²) >= 11 is 1.35. The molecule has 5 nitrogen and oxygen atoms in total. The quantitative estimate of drug-likeness (QED) is 0.517. The molecule has 0 aliphatic rings. The fourth-order valence-corrected chi connectivity index (χ4v) is 3.44. The van der Waals surface area contributed by atoms with Crippen LogP contribution in [0.25, 0.3) is 10.8 Å². The number of carbonyl (C=O) groups excluding carboxylic acids is 2. The Kier molecular flexibility index (Phi) is 6.08. The summed E-state index contributed by atoms with van der Waals surface area (Å²) in [4.78, 5) is 28.6. The molecule has 0 aliphatic carbocycles. The molecule has 0 fully saturated rings. The lowest BCUT2D eigenvalue weighted by molar-refractivity contribution is -0.124. The molecule has 27 heavy (non-hydrogen) atoms. The van der Waals surface area contributed by atoms with E-state index in [1.165, 1.54) is 11.8 Å². The van der Waals surface area contributed by atoms with Crippen molar-refractivity contribution < 1.29 is 14.3 Å². The number of aromatic nitrogens is 1. The van der Waals surface area contributed by atoms with Gasteiger partial charge in [0.2, 0.25) is 0 Å².